The van der Waals surface area contributed by atoms with Gasteiger partial charge in [0.05, 0.1) is 12.3 Å². The van der Waals surface area contributed by atoms with Crippen molar-refractivity contribution in [1.82, 2.24) is 19.8 Å². The highest BCUT2D eigenvalue weighted by molar-refractivity contribution is 7.99. The van der Waals surface area contributed by atoms with Crippen LogP contribution in [-0.2, 0) is 4.79 Å². The van der Waals surface area contributed by atoms with E-state index in [0.29, 0.717) is 29.9 Å². The molecule has 1 aromatic heterocycles. The number of rotatable bonds is 6. The maximum absolute atomic E-state index is 12.6. The van der Waals surface area contributed by atoms with E-state index in [0.717, 1.165) is 16.9 Å². The maximum Gasteiger partial charge on any atom is 0.232 e. The van der Waals surface area contributed by atoms with Crippen LogP contribution < -0.4 is 15.3 Å². The first-order chi connectivity index (χ1) is 14.5. The van der Waals surface area contributed by atoms with E-state index >= 15 is 0 Å². The predicted molar refractivity (Wildman–Crippen MR) is 115 cm³/mol. The van der Waals surface area contributed by atoms with E-state index in [9.17, 15) is 4.79 Å². The zero-order valence-electron chi connectivity index (χ0n) is 16.8. The minimum Gasteiger partial charge on any atom is -0.486 e. The molecule has 1 unspecified atom stereocenters. The first-order valence-corrected chi connectivity index (χ1v) is 10.5. The number of carbonyl (C=O) groups excluding carboxylic acids is 1. The highest BCUT2D eigenvalue weighted by Gasteiger charge is 2.24. The van der Waals surface area contributed by atoms with Crippen LogP contribution in [0.15, 0.2) is 53.7 Å². The lowest BCUT2D eigenvalue weighted by atomic mass is 10.1. The molecule has 0 saturated carbocycles. The Morgan fingerprint density at radius 2 is 1.93 bits per heavy atom. The zero-order valence-corrected chi connectivity index (χ0v) is 17.6. The Labute approximate surface area is 179 Å². The molecule has 0 saturated heterocycles. The summed E-state index contributed by atoms with van der Waals surface area (Å²) in [5.74, 6) is 8.27. The molecule has 0 radical (unpaired) electrons. The quantitative estimate of drug-likeness (QED) is 0.478. The number of aryl methyl sites for hydroxylation is 1. The Bertz CT molecular complexity index is 1040. The van der Waals surface area contributed by atoms with Gasteiger partial charge >= 0.3 is 0 Å². The second kappa shape index (κ2) is 8.66. The van der Waals surface area contributed by atoms with Gasteiger partial charge in [-0.2, -0.15) is 0 Å². The number of thioether (sulfide) groups is 1. The van der Waals surface area contributed by atoms with Gasteiger partial charge in [-0.05, 0) is 19.1 Å². The second-order valence-corrected chi connectivity index (χ2v) is 8.05. The largest absolute Gasteiger partial charge is 0.486 e. The Hall–Kier alpha value is -3.20. The SMILES string of the molecule is Cc1ccc(-c2nnc(SCC(=O)N(C)CC3COc4ccccc4O3)n2N)cc1. The van der Waals surface area contributed by atoms with Crippen LogP contribution in [0.2, 0.25) is 0 Å². The third-order valence-corrected chi connectivity index (χ3v) is 5.70. The smallest absolute Gasteiger partial charge is 0.232 e. The fourth-order valence-electron chi connectivity index (χ4n) is 3.07. The van der Waals surface area contributed by atoms with Gasteiger partial charge in [0.2, 0.25) is 11.1 Å². The molecule has 30 heavy (non-hydrogen) atoms. The zero-order chi connectivity index (χ0) is 21.1. The minimum atomic E-state index is -0.217. The van der Waals surface area contributed by atoms with Crippen molar-refractivity contribution >= 4 is 17.7 Å². The van der Waals surface area contributed by atoms with Gasteiger partial charge in [0.1, 0.15) is 6.61 Å². The molecule has 4 rings (SSSR count). The molecule has 0 fully saturated rings. The third-order valence-electron chi connectivity index (χ3n) is 4.77. The van der Waals surface area contributed by atoms with Crippen LogP contribution >= 0.6 is 11.8 Å². The van der Waals surface area contributed by atoms with Crippen LogP contribution in [0.3, 0.4) is 0 Å². The highest BCUT2D eigenvalue weighted by atomic mass is 32.2. The fourth-order valence-corrected chi connectivity index (χ4v) is 3.87. The van der Waals surface area contributed by atoms with Crippen LogP contribution in [0.5, 0.6) is 11.5 Å². The number of benzene rings is 2. The Balaban J connectivity index is 1.32. The third kappa shape index (κ3) is 4.35. The van der Waals surface area contributed by atoms with Crippen molar-refractivity contribution in [2.75, 3.05) is 31.8 Å². The van der Waals surface area contributed by atoms with Gasteiger partial charge in [-0.15, -0.1) is 10.2 Å². The summed E-state index contributed by atoms with van der Waals surface area (Å²) in [5.41, 5.74) is 2.03. The first kappa shape index (κ1) is 20.1. The molecule has 8 nitrogen and oxygen atoms in total. The number of aromatic nitrogens is 3. The number of hydrogen-bond acceptors (Lipinski definition) is 7. The van der Waals surface area contributed by atoms with Crippen molar-refractivity contribution in [2.45, 2.75) is 18.2 Å². The molecule has 3 aromatic rings. The van der Waals surface area contributed by atoms with Gasteiger partial charge in [0, 0.05) is 12.6 Å². The number of carbonyl (C=O) groups is 1. The molecular formula is C21H23N5O3S. The number of likely N-dealkylation sites (N-methyl/N-ethyl adjacent to an activating group) is 1. The second-order valence-electron chi connectivity index (χ2n) is 7.10. The summed E-state index contributed by atoms with van der Waals surface area (Å²) in [5, 5.41) is 8.77. The van der Waals surface area contributed by atoms with Crippen LogP contribution in [0.4, 0.5) is 0 Å². The van der Waals surface area contributed by atoms with Crippen molar-refractivity contribution < 1.29 is 14.3 Å². The lowest BCUT2D eigenvalue weighted by molar-refractivity contribution is -0.128. The Morgan fingerprint density at radius 3 is 2.70 bits per heavy atom. The Kier molecular flexibility index (Phi) is 5.80. The topological polar surface area (TPSA) is 95.5 Å². The maximum atomic E-state index is 12.6. The number of nitrogens with zero attached hydrogens (tertiary/aromatic N) is 4. The minimum absolute atomic E-state index is 0.0534. The molecule has 1 aliphatic rings. The standard InChI is InChI=1S/C21H23N5O3S/c1-14-7-9-15(10-8-14)20-23-24-21(26(20)22)30-13-19(27)25(2)11-16-12-28-17-5-3-4-6-18(17)29-16/h3-10,16H,11-13,22H2,1-2H3. The molecule has 2 heterocycles. The normalized spacial score (nSPS) is 15.1. The van der Waals surface area contributed by atoms with Crippen molar-refractivity contribution in [3.8, 4) is 22.9 Å². The van der Waals surface area contributed by atoms with Crippen molar-refractivity contribution in [2.24, 2.45) is 0 Å². The molecule has 1 amide bonds. The number of hydrogen-bond donors (Lipinski definition) is 1. The van der Waals surface area contributed by atoms with E-state index in [1.165, 1.54) is 16.4 Å². The van der Waals surface area contributed by atoms with E-state index in [1.54, 1.807) is 11.9 Å². The summed E-state index contributed by atoms with van der Waals surface area (Å²) in [7, 11) is 1.75. The number of para-hydroxylation sites is 2. The summed E-state index contributed by atoms with van der Waals surface area (Å²) < 4.78 is 13.0. The lowest BCUT2D eigenvalue weighted by Crippen LogP contribution is -2.42. The van der Waals surface area contributed by atoms with Crippen LogP contribution in [-0.4, -0.2) is 57.7 Å². The summed E-state index contributed by atoms with van der Waals surface area (Å²) in [6, 6.07) is 15.4. The van der Waals surface area contributed by atoms with Crippen LogP contribution in [0.1, 0.15) is 5.56 Å². The molecule has 0 spiro atoms. The number of nitrogens with two attached hydrogens (primary N) is 1. The van der Waals surface area contributed by atoms with E-state index in [4.69, 9.17) is 15.3 Å². The molecule has 2 N–H and O–H groups in total. The van der Waals surface area contributed by atoms with Gasteiger partial charge in [0.15, 0.2) is 23.4 Å². The number of nitrogen functional groups attached to an aromatic ring is 1. The van der Waals surface area contributed by atoms with E-state index in [-0.39, 0.29) is 17.8 Å². The van der Waals surface area contributed by atoms with Gasteiger partial charge in [0.25, 0.3) is 0 Å². The van der Waals surface area contributed by atoms with Crippen LogP contribution in [0.25, 0.3) is 11.4 Å². The van der Waals surface area contributed by atoms with Crippen LogP contribution in [0, 0.1) is 6.92 Å². The van der Waals surface area contributed by atoms with Gasteiger partial charge < -0.3 is 20.2 Å². The van der Waals surface area contributed by atoms with Gasteiger partial charge in [-0.25, -0.2) is 4.68 Å². The highest BCUT2D eigenvalue weighted by Crippen LogP contribution is 2.31. The molecule has 9 heteroatoms. The summed E-state index contributed by atoms with van der Waals surface area (Å²) in [6.07, 6.45) is -0.217. The lowest BCUT2D eigenvalue weighted by Gasteiger charge is -2.29. The number of amides is 1. The molecule has 1 atom stereocenters. The summed E-state index contributed by atoms with van der Waals surface area (Å²) >= 11 is 1.25. The van der Waals surface area contributed by atoms with Crippen molar-refractivity contribution in [3.63, 3.8) is 0 Å². The van der Waals surface area contributed by atoms with E-state index < -0.39 is 0 Å². The molecular weight excluding hydrogens is 402 g/mol. The predicted octanol–water partition coefficient (Wildman–Crippen LogP) is 2.36. The molecule has 1 aliphatic heterocycles. The van der Waals surface area contributed by atoms with Crippen molar-refractivity contribution in [1.29, 1.82) is 0 Å². The fraction of sp³-hybridized carbons (Fsp3) is 0.286. The van der Waals surface area contributed by atoms with Gasteiger partial charge in [-0.3, -0.25) is 4.79 Å². The summed E-state index contributed by atoms with van der Waals surface area (Å²) in [4.78, 5) is 14.2. The van der Waals surface area contributed by atoms with Crippen molar-refractivity contribution in [3.05, 3.63) is 54.1 Å². The summed E-state index contributed by atoms with van der Waals surface area (Å²) in [6.45, 7) is 2.85. The Morgan fingerprint density at radius 1 is 1.20 bits per heavy atom. The average molecular weight is 426 g/mol. The van der Waals surface area contributed by atoms with E-state index in [2.05, 4.69) is 10.2 Å². The molecule has 0 bridgehead atoms. The average Bonchev–Trinajstić information content (AvgIpc) is 3.12. The first-order valence-electron chi connectivity index (χ1n) is 9.54. The monoisotopic (exact) mass is 425 g/mol. The molecule has 2 aromatic carbocycles. The molecule has 0 aliphatic carbocycles. The number of ether oxygens (including phenoxy) is 2. The number of fused-ring (bicyclic) bond motifs is 1. The van der Waals surface area contributed by atoms with Gasteiger partial charge in [-0.1, -0.05) is 53.7 Å². The molecule has 156 valence electrons. The van der Waals surface area contributed by atoms with E-state index in [1.807, 2.05) is 55.5 Å².